The van der Waals surface area contributed by atoms with E-state index < -0.39 is 0 Å². The molecule has 2 aromatic rings. The van der Waals surface area contributed by atoms with Gasteiger partial charge in [0.25, 0.3) is 0 Å². The van der Waals surface area contributed by atoms with Crippen LogP contribution < -0.4 is 5.32 Å². The minimum absolute atomic E-state index is 0.0708. The molecule has 1 fully saturated rings. The molecule has 5 nitrogen and oxygen atoms in total. The molecule has 2 aromatic heterocycles. The van der Waals surface area contributed by atoms with Crippen LogP contribution in [0.2, 0.25) is 0 Å². The van der Waals surface area contributed by atoms with Gasteiger partial charge in [0.15, 0.2) is 0 Å². The second kappa shape index (κ2) is 7.54. The van der Waals surface area contributed by atoms with Gasteiger partial charge in [0.05, 0.1) is 4.88 Å². The lowest BCUT2D eigenvalue weighted by Gasteiger charge is -2.21. The summed E-state index contributed by atoms with van der Waals surface area (Å²) in [5.74, 6) is 1.86. The lowest BCUT2D eigenvalue weighted by molar-refractivity contribution is -0.121. The van der Waals surface area contributed by atoms with Gasteiger partial charge in [0.2, 0.25) is 17.6 Å². The fourth-order valence-electron chi connectivity index (χ4n) is 2.82. The highest BCUT2D eigenvalue weighted by Gasteiger charge is 2.15. The molecular weight excluding hydrogens is 298 g/mol. The Kier molecular flexibility index (Phi) is 5.21. The van der Waals surface area contributed by atoms with E-state index in [1.54, 1.807) is 11.3 Å². The van der Waals surface area contributed by atoms with Crippen LogP contribution in [0.5, 0.6) is 0 Å². The fourth-order valence-corrected chi connectivity index (χ4v) is 3.47. The molecule has 1 aliphatic carbocycles. The first kappa shape index (κ1) is 15.2. The van der Waals surface area contributed by atoms with E-state index >= 15 is 0 Å². The van der Waals surface area contributed by atoms with E-state index in [0.717, 1.165) is 11.4 Å². The first-order chi connectivity index (χ1) is 10.8. The second-order valence-corrected chi connectivity index (χ2v) is 6.74. The smallest absolute Gasteiger partial charge is 0.227 e. The number of nitrogens with zero attached hydrogens (tertiary/aromatic N) is 2. The van der Waals surface area contributed by atoms with Crippen molar-refractivity contribution in [3.63, 3.8) is 0 Å². The molecule has 22 heavy (non-hydrogen) atoms. The summed E-state index contributed by atoms with van der Waals surface area (Å²) in [6.45, 7) is 0.809. The summed E-state index contributed by atoms with van der Waals surface area (Å²) in [5, 5.41) is 8.96. The SMILES string of the molecule is O=C(CCc1nc(-c2cccs2)no1)NCC1CCCCC1. The fraction of sp³-hybridized carbons (Fsp3) is 0.562. The zero-order chi connectivity index (χ0) is 15.2. The van der Waals surface area contributed by atoms with Crippen LogP contribution in [0.4, 0.5) is 0 Å². The van der Waals surface area contributed by atoms with Gasteiger partial charge in [-0.25, -0.2) is 0 Å². The standard InChI is InChI=1S/C16H21N3O2S/c20-14(17-11-12-5-2-1-3-6-12)8-9-15-18-16(19-21-15)13-7-4-10-22-13/h4,7,10,12H,1-3,5-6,8-9,11H2,(H,17,20). The number of aryl methyl sites for hydroxylation is 1. The molecule has 1 saturated carbocycles. The molecule has 0 atom stereocenters. The Bertz CT molecular complexity index is 588. The molecule has 6 heteroatoms. The molecule has 0 spiro atoms. The van der Waals surface area contributed by atoms with Crippen molar-refractivity contribution < 1.29 is 9.32 Å². The van der Waals surface area contributed by atoms with Gasteiger partial charge in [-0.1, -0.05) is 30.5 Å². The number of carbonyl (C=O) groups is 1. The van der Waals surface area contributed by atoms with Crippen LogP contribution in [0, 0.1) is 5.92 Å². The van der Waals surface area contributed by atoms with Crippen LogP contribution in [0.25, 0.3) is 10.7 Å². The molecule has 1 aliphatic rings. The molecular formula is C16H21N3O2S. The average Bonchev–Trinajstić information content (AvgIpc) is 3.22. The molecule has 118 valence electrons. The summed E-state index contributed by atoms with van der Waals surface area (Å²) < 4.78 is 5.20. The van der Waals surface area contributed by atoms with Crippen LogP contribution in [-0.4, -0.2) is 22.6 Å². The first-order valence-corrected chi connectivity index (χ1v) is 8.82. The van der Waals surface area contributed by atoms with E-state index in [9.17, 15) is 4.79 Å². The maximum absolute atomic E-state index is 11.9. The lowest BCUT2D eigenvalue weighted by atomic mass is 9.89. The van der Waals surface area contributed by atoms with Gasteiger partial charge in [0.1, 0.15) is 0 Å². The minimum atomic E-state index is 0.0708. The quantitative estimate of drug-likeness (QED) is 0.885. The highest BCUT2D eigenvalue weighted by Crippen LogP contribution is 2.23. The lowest BCUT2D eigenvalue weighted by Crippen LogP contribution is -2.30. The molecule has 0 unspecified atom stereocenters. The van der Waals surface area contributed by atoms with Crippen LogP contribution in [0.15, 0.2) is 22.0 Å². The van der Waals surface area contributed by atoms with E-state index in [-0.39, 0.29) is 5.91 Å². The first-order valence-electron chi connectivity index (χ1n) is 7.94. The van der Waals surface area contributed by atoms with Gasteiger partial charge >= 0.3 is 0 Å². The van der Waals surface area contributed by atoms with Gasteiger partial charge in [-0.2, -0.15) is 4.98 Å². The second-order valence-electron chi connectivity index (χ2n) is 5.80. The van der Waals surface area contributed by atoms with E-state index in [2.05, 4.69) is 15.5 Å². The Labute approximate surface area is 134 Å². The molecule has 0 bridgehead atoms. The molecule has 2 heterocycles. The van der Waals surface area contributed by atoms with E-state index in [4.69, 9.17) is 4.52 Å². The summed E-state index contributed by atoms with van der Waals surface area (Å²) in [6, 6.07) is 3.91. The van der Waals surface area contributed by atoms with Crippen molar-refractivity contribution in [2.45, 2.75) is 44.9 Å². The third-order valence-corrected chi connectivity index (χ3v) is 4.95. The van der Waals surface area contributed by atoms with Crippen molar-refractivity contribution in [1.29, 1.82) is 0 Å². The predicted octanol–water partition coefficient (Wildman–Crippen LogP) is 3.43. The largest absolute Gasteiger partial charge is 0.356 e. The third kappa shape index (κ3) is 4.16. The number of nitrogens with one attached hydrogen (secondary N) is 1. The number of aromatic nitrogens is 2. The summed E-state index contributed by atoms with van der Waals surface area (Å²) in [4.78, 5) is 17.2. The van der Waals surface area contributed by atoms with Crippen LogP contribution >= 0.6 is 11.3 Å². The monoisotopic (exact) mass is 319 g/mol. The molecule has 1 N–H and O–H groups in total. The Morgan fingerprint density at radius 1 is 1.36 bits per heavy atom. The number of thiophene rings is 1. The van der Waals surface area contributed by atoms with E-state index in [1.165, 1.54) is 32.1 Å². The normalized spacial score (nSPS) is 15.8. The van der Waals surface area contributed by atoms with Crippen molar-refractivity contribution in [2.75, 3.05) is 6.54 Å². The van der Waals surface area contributed by atoms with Crippen LogP contribution in [-0.2, 0) is 11.2 Å². The van der Waals surface area contributed by atoms with Crippen molar-refractivity contribution in [3.05, 3.63) is 23.4 Å². The van der Waals surface area contributed by atoms with E-state index in [0.29, 0.717) is 30.5 Å². The molecule has 0 aromatic carbocycles. The van der Waals surface area contributed by atoms with Gasteiger partial charge < -0.3 is 9.84 Å². The summed E-state index contributed by atoms with van der Waals surface area (Å²) in [5.41, 5.74) is 0. The van der Waals surface area contributed by atoms with Crippen molar-refractivity contribution >= 4 is 17.2 Å². The van der Waals surface area contributed by atoms with Crippen LogP contribution in [0.1, 0.15) is 44.4 Å². The summed E-state index contributed by atoms with van der Waals surface area (Å²) in [6.07, 6.45) is 7.33. The molecule has 0 saturated heterocycles. The maximum Gasteiger partial charge on any atom is 0.227 e. The van der Waals surface area contributed by atoms with Crippen molar-refractivity contribution in [3.8, 4) is 10.7 Å². The Morgan fingerprint density at radius 3 is 3.00 bits per heavy atom. The zero-order valence-corrected chi connectivity index (χ0v) is 13.4. The Balaban J connectivity index is 1.41. The number of hydrogen-bond donors (Lipinski definition) is 1. The number of amides is 1. The average molecular weight is 319 g/mol. The highest BCUT2D eigenvalue weighted by molar-refractivity contribution is 7.13. The summed E-state index contributed by atoms with van der Waals surface area (Å²) >= 11 is 1.57. The van der Waals surface area contributed by atoms with Gasteiger partial charge in [-0.3, -0.25) is 4.79 Å². The molecule has 0 aliphatic heterocycles. The highest BCUT2D eigenvalue weighted by atomic mass is 32.1. The van der Waals surface area contributed by atoms with Crippen molar-refractivity contribution in [2.24, 2.45) is 5.92 Å². The zero-order valence-electron chi connectivity index (χ0n) is 12.6. The molecule has 3 rings (SSSR count). The minimum Gasteiger partial charge on any atom is -0.356 e. The van der Waals surface area contributed by atoms with Gasteiger partial charge in [0, 0.05) is 19.4 Å². The van der Waals surface area contributed by atoms with Crippen LogP contribution in [0.3, 0.4) is 0 Å². The van der Waals surface area contributed by atoms with E-state index in [1.807, 2.05) is 17.5 Å². The Morgan fingerprint density at radius 2 is 2.23 bits per heavy atom. The van der Waals surface area contributed by atoms with Crippen molar-refractivity contribution in [1.82, 2.24) is 15.5 Å². The number of carbonyl (C=O) groups excluding carboxylic acids is 1. The molecule has 1 amide bonds. The topological polar surface area (TPSA) is 68.0 Å². The third-order valence-electron chi connectivity index (χ3n) is 4.09. The maximum atomic E-state index is 11.9. The molecule has 0 radical (unpaired) electrons. The Hall–Kier alpha value is -1.69. The van der Waals surface area contributed by atoms with Gasteiger partial charge in [-0.15, -0.1) is 11.3 Å². The van der Waals surface area contributed by atoms with Gasteiger partial charge in [-0.05, 0) is 30.2 Å². The summed E-state index contributed by atoms with van der Waals surface area (Å²) in [7, 11) is 0. The number of hydrogen-bond acceptors (Lipinski definition) is 5. The predicted molar refractivity (Wildman–Crippen MR) is 85.5 cm³/mol. The number of rotatable bonds is 6.